The second-order valence-corrected chi connectivity index (χ2v) is 4.59. The largest absolute Gasteiger partial charge is 0.479 e. The molecular weight excluding hydrogens is 238 g/mol. The number of carbonyl (C=O) groups is 1. The molecule has 0 amide bonds. The van der Waals surface area contributed by atoms with Crippen molar-refractivity contribution in [2.75, 3.05) is 5.32 Å². The molecule has 3 heteroatoms. The highest BCUT2D eigenvalue weighted by atomic mass is 16.4. The van der Waals surface area contributed by atoms with Crippen molar-refractivity contribution in [2.45, 2.75) is 19.9 Å². The molecule has 98 valence electrons. The average molecular weight is 255 g/mol. The van der Waals surface area contributed by atoms with Gasteiger partial charge < -0.3 is 10.4 Å². The zero-order valence-electron chi connectivity index (χ0n) is 11.1. The summed E-state index contributed by atoms with van der Waals surface area (Å²) >= 11 is 0. The summed E-state index contributed by atoms with van der Waals surface area (Å²) in [4.78, 5) is 11.5. The van der Waals surface area contributed by atoms with Gasteiger partial charge in [0.2, 0.25) is 0 Å². The Bertz CT molecular complexity index is 593. The van der Waals surface area contributed by atoms with Crippen molar-refractivity contribution in [3.8, 4) is 0 Å². The molecule has 0 aliphatic carbocycles. The van der Waals surface area contributed by atoms with Gasteiger partial charge in [0.25, 0.3) is 0 Å². The van der Waals surface area contributed by atoms with Crippen LogP contribution in [0.1, 0.15) is 22.7 Å². The van der Waals surface area contributed by atoms with Crippen LogP contribution < -0.4 is 5.32 Å². The molecule has 0 saturated carbocycles. The molecule has 0 saturated heterocycles. The Hall–Kier alpha value is -2.29. The first-order valence-electron chi connectivity index (χ1n) is 6.20. The molecular formula is C16H17NO2. The van der Waals surface area contributed by atoms with Gasteiger partial charge in [-0.3, -0.25) is 0 Å². The molecule has 0 radical (unpaired) electrons. The topological polar surface area (TPSA) is 49.3 Å². The van der Waals surface area contributed by atoms with E-state index >= 15 is 0 Å². The van der Waals surface area contributed by atoms with Gasteiger partial charge >= 0.3 is 5.97 Å². The van der Waals surface area contributed by atoms with Gasteiger partial charge in [-0.1, -0.05) is 42.5 Å². The highest BCUT2D eigenvalue weighted by Crippen LogP contribution is 2.24. The number of hydrogen-bond acceptors (Lipinski definition) is 2. The Morgan fingerprint density at radius 2 is 1.58 bits per heavy atom. The molecule has 2 N–H and O–H groups in total. The van der Waals surface area contributed by atoms with Gasteiger partial charge in [0.1, 0.15) is 0 Å². The van der Waals surface area contributed by atoms with E-state index in [-0.39, 0.29) is 0 Å². The van der Waals surface area contributed by atoms with Gasteiger partial charge in [-0.25, -0.2) is 4.79 Å². The smallest absolute Gasteiger partial charge is 0.330 e. The predicted octanol–water partition coefficient (Wildman–Crippen LogP) is 3.54. The summed E-state index contributed by atoms with van der Waals surface area (Å²) in [6.07, 6.45) is 0. The number of hydrogen-bond donors (Lipinski definition) is 2. The fraction of sp³-hybridized carbons (Fsp3) is 0.188. The quantitative estimate of drug-likeness (QED) is 0.878. The maximum atomic E-state index is 11.5. The van der Waals surface area contributed by atoms with Crippen molar-refractivity contribution in [1.29, 1.82) is 0 Å². The molecule has 0 heterocycles. The van der Waals surface area contributed by atoms with Crippen LogP contribution in [-0.4, -0.2) is 11.1 Å². The molecule has 1 atom stereocenters. The van der Waals surface area contributed by atoms with Crippen LogP contribution in [0.2, 0.25) is 0 Å². The van der Waals surface area contributed by atoms with E-state index in [4.69, 9.17) is 0 Å². The van der Waals surface area contributed by atoms with E-state index in [0.717, 1.165) is 22.4 Å². The van der Waals surface area contributed by atoms with Gasteiger partial charge in [0, 0.05) is 5.69 Å². The Kier molecular flexibility index (Phi) is 3.85. The van der Waals surface area contributed by atoms with Gasteiger partial charge in [-0.2, -0.15) is 0 Å². The number of carboxylic acids is 1. The number of aryl methyl sites for hydroxylation is 2. The number of anilines is 1. The number of carboxylic acid groups (broad SMARTS) is 1. The lowest BCUT2D eigenvalue weighted by molar-refractivity contribution is -0.138. The van der Waals surface area contributed by atoms with E-state index in [0.29, 0.717) is 0 Å². The van der Waals surface area contributed by atoms with Crippen LogP contribution >= 0.6 is 0 Å². The number of benzene rings is 2. The monoisotopic (exact) mass is 255 g/mol. The maximum absolute atomic E-state index is 11.5. The third-order valence-corrected chi connectivity index (χ3v) is 3.19. The van der Waals surface area contributed by atoms with Crippen LogP contribution in [0.25, 0.3) is 0 Å². The summed E-state index contributed by atoms with van der Waals surface area (Å²) in [6.45, 7) is 3.88. The van der Waals surface area contributed by atoms with E-state index < -0.39 is 12.0 Å². The molecule has 2 aromatic carbocycles. The third-order valence-electron chi connectivity index (χ3n) is 3.19. The van der Waals surface area contributed by atoms with Crippen LogP contribution in [0.15, 0.2) is 48.5 Å². The zero-order chi connectivity index (χ0) is 13.8. The fourth-order valence-electron chi connectivity index (χ4n) is 2.07. The molecule has 1 unspecified atom stereocenters. The summed E-state index contributed by atoms with van der Waals surface area (Å²) < 4.78 is 0. The normalized spacial score (nSPS) is 11.9. The minimum Gasteiger partial charge on any atom is -0.479 e. The molecule has 0 bridgehead atoms. The maximum Gasteiger partial charge on any atom is 0.330 e. The van der Waals surface area contributed by atoms with Crippen LogP contribution in [0.5, 0.6) is 0 Å². The van der Waals surface area contributed by atoms with Crippen LogP contribution in [0.3, 0.4) is 0 Å². The van der Waals surface area contributed by atoms with Gasteiger partial charge in [0.05, 0.1) is 0 Å². The van der Waals surface area contributed by atoms with Crippen molar-refractivity contribution >= 4 is 11.7 Å². The summed E-state index contributed by atoms with van der Waals surface area (Å²) in [5.41, 5.74) is 3.63. The molecule has 2 rings (SSSR count). The Morgan fingerprint density at radius 1 is 1.00 bits per heavy atom. The standard InChI is InChI=1S/C16H17NO2/c1-11-7-3-5-9-13(11)15(16(18)19)17-14-10-6-4-8-12(14)2/h3-10,15,17H,1-2H3,(H,18,19). The van der Waals surface area contributed by atoms with E-state index in [9.17, 15) is 9.90 Å². The average Bonchev–Trinajstić information content (AvgIpc) is 2.38. The van der Waals surface area contributed by atoms with E-state index in [1.54, 1.807) is 0 Å². The molecule has 0 aliphatic rings. The number of para-hydroxylation sites is 1. The minimum atomic E-state index is -0.877. The lowest BCUT2D eigenvalue weighted by Gasteiger charge is -2.19. The van der Waals surface area contributed by atoms with Crippen LogP contribution in [0.4, 0.5) is 5.69 Å². The number of rotatable bonds is 4. The minimum absolute atomic E-state index is 0.734. The number of nitrogens with one attached hydrogen (secondary N) is 1. The predicted molar refractivity (Wildman–Crippen MR) is 76.4 cm³/mol. The van der Waals surface area contributed by atoms with Gasteiger partial charge in [-0.15, -0.1) is 0 Å². The van der Waals surface area contributed by atoms with E-state index in [1.165, 1.54) is 0 Å². The first-order chi connectivity index (χ1) is 9.09. The lowest BCUT2D eigenvalue weighted by Crippen LogP contribution is -2.21. The highest BCUT2D eigenvalue weighted by Gasteiger charge is 2.21. The molecule has 0 aromatic heterocycles. The molecule has 2 aromatic rings. The van der Waals surface area contributed by atoms with Crippen molar-refractivity contribution in [1.82, 2.24) is 0 Å². The summed E-state index contributed by atoms with van der Waals surface area (Å²) in [5.74, 6) is -0.877. The second-order valence-electron chi connectivity index (χ2n) is 4.59. The molecule has 0 fully saturated rings. The molecule has 0 aliphatic heterocycles. The van der Waals surface area contributed by atoms with E-state index in [2.05, 4.69) is 5.32 Å². The molecule has 0 spiro atoms. The van der Waals surface area contributed by atoms with Crippen LogP contribution in [-0.2, 0) is 4.79 Å². The van der Waals surface area contributed by atoms with Crippen molar-refractivity contribution in [3.63, 3.8) is 0 Å². The van der Waals surface area contributed by atoms with Crippen LogP contribution in [0, 0.1) is 13.8 Å². The van der Waals surface area contributed by atoms with Crippen molar-refractivity contribution in [2.24, 2.45) is 0 Å². The SMILES string of the molecule is Cc1ccccc1NC(C(=O)O)c1ccccc1C. The summed E-state index contributed by atoms with van der Waals surface area (Å²) in [7, 11) is 0. The number of aliphatic carboxylic acids is 1. The Balaban J connectivity index is 2.35. The Labute approximate surface area is 112 Å². The third kappa shape index (κ3) is 2.94. The fourth-order valence-corrected chi connectivity index (χ4v) is 2.07. The second kappa shape index (κ2) is 5.57. The first kappa shape index (κ1) is 13.1. The zero-order valence-corrected chi connectivity index (χ0v) is 11.1. The Morgan fingerprint density at radius 3 is 2.16 bits per heavy atom. The summed E-state index contributed by atoms with van der Waals surface area (Å²) in [6, 6.07) is 14.5. The summed E-state index contributed by atoms with van der Waals surface area (Å²) in [5, 5.41) is 12.5. The van der Waals surface area contributed by atoms with Crippen molar-refractivity contribution < 1.29 is 9.90 Å². The molecule has 19 heavy (non-hydrogen) atoms. The molecule has 3 nitrogen and oxygen atoms in total. The van der Waals surface area contributed by atoms with Crippen molar-refractivity contribution in [3.05, 3.63) is 65.2 Å². The van der Waals surface area contributed by atoms with Gasteiger partial charge in [-0.05, 0) is 36.6 Å². The highest BCUT2D eigenvalue weighted by molar-refractivity contribution is 5.80. The first-order valence-corrected chi connectivity index (χ1v) is 6.20. The lowest BCUT2D eigenvalue weighted by atomic mass is 10.0. The van der Waals surface area contributed by atoms with E-state index in [1.807, 2.05) is 62.4 Å². The van der Waals surface area contributed by atoms with Gasteiger partial charge in [0.15, 0.2) is 6.04 Å².